The lowest BCUT2D eigenvalue weighted by Crippen LogP contribution is -2.65. The van der Waals surface area contributed by atoms with Crippen LogP contribution in [0.3, 0.4) is 0 Å². The summed E-state index contributed by atoms with van der Waals surface area (Å²) in [5, 5.41) is 11.4. The topological polar surface area (TPSA) is 88.5 Å². The number of nitrogens with zero attached hydrogens (tertiary/aromatic N) is 4. The summed E-state index contributed by atoms with van der Waals surface area (Å²) in [7, 11) is 3.18. The molecule has 2 aliphatic rings. The third-order valence-electron chi connectivity index (χ3n) is 5.05. The molecule has 164 valence electrons. The first-order valence-corrected chi connectivity index (χ1v) is 9.52. The van der Waals surface area contributed by atoms with Gasteiger partial charge < -0.3 is 20.2 Å². The van der Waals surface area contributed by atoms with E-state index in [1.807, 2.05) is 0 Å². The molecule has 0 spiro atoms. The number of nitrogens with one attached hydrogen (secondary N) is 1. The van der Waals surface area contributed by atoms with Gasteiger partial charge in [0, 0.05) is 27.2 Å². The molecule has 2 fully saturated rings. The third-order valence-corrected chi connectivity index (χ3v) is 5.37. The van der Waals surface area contributed by atoms with Crippen LogP contribution < -0.4 is 5.32 Å². The minimum absolute atomic E-state index is 0.0197. The van der Waals surface area contributed by atoms with Gasteiger partial charge in [0.2, 0.25) is 0 Å². The second-order valence-corrected chi connectivity index (χ2v) is 7.46. The maximum absolute atomic E-state index is 13.1. The van der Waals surface area contributed by atoms with Gasteiger partial charge in [-0.25, -0.2) is 4.79 Å². The Hall–Kier alpha value is -2.53. The summed E-state index contributed by atoms with van der Waals surface area (Å²) < 4.78 is 38.7. The van der Waals surface area contributed by atoms with Gasteiger partial charge in [-0.3, -0.25) is 14.7 Å². The van der Waals surface area contributed by atoms with Gasteiger partial charge in [-0.05, 0) is 24.1 Å². The Morgan fingerprint density at radius 3 is 2.53 bits per heavy atom. The predicted molar refractivity (Wildman–Crippen MR) is 103 cm³/mol. The molecule has 3 rings (SSSR count). The van der Waals surface area contributed by atoms with Crippen LogP contribution in [0, 0.1) is 0 Å². The molecule has 2 aliphatic heterocycles. The molecule has 0 aromatic heterocycles. The van der Waals surface area contributed by atoms with Crippen LogP contribution in [0.4, 0.5) is 18.0 Å². The Balaban J connectivity index is 1.83. The van der Waals surface area contributed by atoms with Gasteiger partial charge in [0.15, 0.2) is 12.0 Å². The van der Waals surface area contributed by atoms with Crippen LogP contribution in [0.2, 0.25) is 5.02 Å². The molecule has 12 heteroatoms. The SMILES string of the molecule is CN1C(=O)N(Cc2ccc(C(F)(F)F)c(Cl)c2)C(=O)C2C1NC(=NCCCO)N2C. The lowest BCUT2D eigenvalue weighted by atomic mass is 10.1. The summed E-state index contributed by atoms with van der Waals surface area (Å²) in [5.41, 5.74) is -0.683. The molecule has 0 radical (unpaired) electrons. The minimum Gasteiger partial charge on any atom is -0.396 e. The van der Waals surface area contributed by atoms with Crippen molar-refractivity contribution in [3.05, 3.63) is 34.3 Å². The number of urea groups is 1. The molecule has 0 bridgehead atoms. The van der Waals surface area contributed by atoms with Crippen LogP contribution in [-0.2, 0) is 17.5 Å². The summed E-state index contributed by atoms with van der Waals surface area (Å²) in [6.45, 7) is 0.115. The smallest absolute Gasteiger partial charge is 0.396 e. The maximum Gasteiger partial charge on any atom is 0.417 e. The average Bonchev–Trinajstić information content (AvgIpc) is 2.99. The molecule has 0 aliphatic carbocycles. The van der Waals surface area contributed by atoms with Crippen LogP contribution in [-0.4, -0.2) is 77.2 Å². The second kappa shape index (κ2) is 8.31. The molecule has 2 heterocycles. The molecule has 2 unspecified atom stereocenters. The van der Waals surface area contributed by atoms with E-state index in [-0.39, 0.29) is 13.2 Å². The van der Waals surface area contributed by atoms with Crippen LogP contribution in [0.1, 0.15) is 17.5 Å². The van der Waals surface area contributed by atoms with Gasteiger partial charge in [0.1, 0.15) is 6.17 Å². The van der Waals surface area contributed by atoms with Crippen molar-refractivity contribution in [2.24, 2.45) is 4.99 Å². The highest BCUT2D eigenvalue weighted by Gasteiger charge is 2.51. The zero-order valence-electron chi connectivity index (χ0n) is 16.3. The summed E-state index contributed by atoms with van der Waals surface area (Å²) in [6, 6.07) is 1.80. The zero-order chi connectivity index (χ0) is 22.2. The van der Waals surface area contributed by atoms with Crippen LogP contribution >= 0.6 is 11.6 Å². The largest absolute Gasteiger partial charge is 0.417 e. The molecule has 30 heavy (non-hydrogen) atoms. The van der Waals surface area contributed by atoms with Crippen molar-refractivity contribution in [1.29, 1.82) is 0 Å². The number of halogens is 4. The molecule has 2 N–H and O–H groups in total. The molecular formula is C18H21ClF3N5O3. The van der Waals surface area contributed by atoms with Gasteiger partial charge >= 0.3 is 12.2 Å². The van der Waals surface area contributed by atoms with E-state index in [0.29, 0.717) is 24.5 Å². The van der Waals surface area contributed by atoms with E-state index in [2.05, 4.69) is 10.3 Å². The van der Waals surface area contributed by atoms with Crippen molar-refractivity contribution in [2.75, 3.05) is 27.2 Å². The number of aliphatic imine (C=N–C) groups is 1. The highest BCUT2D eigenvalue weighted by Crippen LogP contribution is 2.35. The number of hydrogen-bond acceptors (Lipinski definition) is 4. The summed E-state index contributed by atoms with van der Waals surface area (Å²) in [5.74, 6) is -0.0765. The number of benzene rings is 1. The van der Waals surface area contributed by atoms with Gasteiger partial charge in [0.05, 0.1) is 17.1 Å². The summed E-state index contributed by atoms with van der Waals surface area (Å²) in [6.07, 6.45) is -4.77. The fourth-order valence-electron chi connectivity index (χ4n) is 3.46. The van der Waals surface area contributed by atoms with E-state index in [0.717, 1.165) is 17.0 Å². The van der Waals surface area contributed by atoms with Crippen LogP contribution in [0.25, 0.3) is 0 Å². The number of hydrogen-bond donors (Lipinski definition) is 2. The number of alkyl halides is 3. The molecule has 1 aromatic carbocycles. The van der Waals surface area contributed by atoms with Gasteiger partial charge in [-0.1, -0.05) is 17.7 Å². The zero-order valence-corrected chi connectivity index (χ0v) is 17.0. The maximum atomic E-state index is 13.1. The second-order valence-electron chi connectivity index (χ2n) is 7.06. The quantitative estimate of drug-likeness (QED) is 0.671. The van der Waals surface area contributed by atoms with E-state index in [1.54, 1.807) is 11.9 Å². The number of carbonyl (C=O) groups is 2. The standard InChI is InChI=1S/C18H21ClF3N5O3/c1-25-13-14(24-16(25)23-6-3-7-28)26(2)17(30)27(15(13)29)9-10-4-5-11(12(19)8-10)18(20,21)22/h4-5,8,13-14,28H,3,6-7,9H2,1-2H3,(H,23,24). The van der Waals surface area contributed by atoms with Gasteiger partial charge in [0.25, 0.3) is 5.91 Å². The normalized spacial score (nSPS) is 23.3. The first-order chi connectivity index (χ1) is 14.1. The number of rotatable bonds is 5. The Kier molecular flexibility index (Phi) is 6.14. The molecule has 8 nitrogen and oxygen atoms in total. The molecule has 3 amide bonds. The van der Waals surface area contributed by atoms with E-state index in [1.165, 1.54) is 18.0 Å². The lowest BCUT2D eigenvalue weighted by Gasteiger charge is -2.40. The first kappa shape index (κ1) is 22.2. The van der Waals surface area contributed by atoms with E-state index in [4.69, 9.17) is 16.7 Å². The van der Waals surface area contributed by atoms with Crippen LogP contribution in [0.15, 0.2) is 23.2 Å². The minimum atomic E-state index is -4.59. The van der Waals surface area contributed by atoms with Crippen molar-refractivity contribution in [3.63, 3.8) is 0 Å². The highest BCUT2D eigenvalue weighted by atomic mass is 35.5. The number of aliphatic hydroxyl groups is 1. The fourth-order valence-corrected chi connectivity index (χ4v) is 3.77. The monoisotopic (exact) mass is 447 g/mol. The number of fused-ring (bicyclic) bond motifs is 1. The van der Waals surface area contributed by atoms with Crippen molar-refractivity contribution < 1.29 is 27.9 Å². The van der Waals surface area contributed by atoms with E-state index >= 15 is 0 Å². The number of guanidine groups is 1. The Morgan fingerprint density at radius 2 is 1.93 bits per heavy atom. The summed E-state index contributed by atoms with van der Waals surface area (Å²) >= 11 is 5.75. The van der Waals surface area contributed by atoms with Crippen molar-refractivity contribution in [2.45, 2.75) is 31.3 Å². The first-order valence-electron chi connectivity index (χ1n) is 9.14. The van der Waals surface area contributed by atoms with Gasteiger partial charge in [-0.15, -0.1) is 0 Å². The number of carbonyl (C=O) groups excluding carboxylic acids is 2. The van der Waals surface area contributed by atoms with Gasteiger partial charge in [-0.2, -0.15) is 13.2 Å². The van der Waals surface area contributed by atoms with Crippen molar-refractivity contribution in [3.8, 4) is 0 Å². The fraction of sp³-hybridized carbons (Fsp3) is 0.500. The van der Waals surface area contributed by atoms with Crippen molar-refractivity contribution >= 4 is 29.5 Å². The number of aliphatic hydroxyl groups excluding tert-OH is 1. The third kappa shape index (κ3) is 4.04. The predicted octanol–water partition coefficient (Wildman–Crippen LogP) is 1.72. The molecule has 2 atom stereocenters. The van der Waals surface area contributed by atoms with Crippen LogP contribution in [0.5, 0.6) is 0 Å². The lowest BCUT2D eigenvalue weighted by molar-refractivity contribution is -0.138. The van der Waals surface area contributed by atoms with Crippen molar-refractivity contribution in [1.82, 2.24) is 20.0 Å². The Labute approximate surface area is 175 Å². The number of likely N-dealkylation sites (N-methyl/N-ethyl adjacent to an activating group) is 2. The highest BCUT2D eigenvalue weighted by molar-refractivity contribution is 6.31. The number of imide groups is 1. The Bertz CT molecular complexity index is 879. The molecular weight excluding hydrogens is 427 g/mol. The average molecular weight is 448 g/mol. The Morgan fingerprint density at radius 1 is 1.23 bits per heavy atom. The molecule has 0 saturated carbocycles. The van der Waals surface area contributed by atoms with E-state index in [9.17, 15) is 22.8 Å². The summed E-state index contributed by atoms with van der Waals surface area (Å²) in [4.78, 5) is 34.1. The number of amides is 3. The van der Waals surface area contributed by atoms with E-state index < -0.39 is 40.9 Å². The molecule has 2 saturated heterocycles. The molecule has 1 aromatic rings.